The lowest BCUT2D eigenvalue weighted by molar-refractivity contribution is -0.119. The molecule has 2 N–H and O–H groups in total. The third-order valence-electron chi connectivity index (χ3n) is 5.24. The van der Waals surface area contributed by atoms with Crippen LogP contribution in [0.25, 0.3) is 10.9 Å². The van der Waals surface area contributed by atoms with Gasteiger partial charge in [-0.2, -0.15) is 0 Å². The molecule has 0 fully saturated rings. The predicted octanol–water partition coefficient (Wildman–Crippen LogP) is 6.35. The summed E-state index contributed by atoms with van der Waals surface area (Å²) in [4.78, 5) is 21.1. The number of benzene rings is 2. The van der Waals surface area contributed by atoms with Crippen molar-refractivity contribution in [2.75, 3.05) is 25.3 Å². The molecule has 0 spiro atoms. The first-order valence-electron chi connectivity index (χ1n) is 11.9. The van der Waals surface area contributed by atoms with E-state index in [1.54, 1.807) is 63.7 Å². The normalized spacial score (nSPS) is 11.5. The van der Waals surface area contributed by atoms with Gasteiger partial charge < -0.3 is 29.4 Å². The summed E-state index contributed by atoms with van der Waals surface area (Å²) in [6.45, 7) is 5.58. The zero-order chi connectivity index (χ0) is 27.9. The second-order valence-corrected chi connectivity index (χ2v) is 10.00. The molecule has 39 heavy (non-hydrogen) atoms. The molecule has 0 bridgehead atoms. The summed E-state index contributed by atoms with van der Waals surface area (Å²) < 4.78 is 22.1. The summed E-state index contributed by atoms with van der Waals surface area (Å²) >= 11 is 7.83. The number of fused-ring (bicyclic) bond motifs is 1. The third-order valence-corrected chi connectivity index (χ3v) is 6.42. The number of anilines is 1. The highest BCUT2D eigenvalue weighted by Gasteiger charge is 2.14. The highest BCUT2D eigenvalue weighted by molar-refractivity contribution is 8.14. The third kappa shape index (κ3) is 7.33. The Bertz CT molecular complexity index is 1510. The molecule has 4 aromatic rings. The maximum Gasteiger partial charge on any atom is 0.230 e. The first-order chi connectivity index (χ1) is 18.7. The van der Waals surface area contributed by atoms with E-state index in [-0.39, 0.29) is 17.7 Å². The molecule has 0 saturated heterocycles. The number of hydrogen-bond donors (Lipinski definition) is 2. The molecule has 0 aliphatic rings. The van der Waals surface area contributed by atoms with Gasteiger partial charge in [0.2, 0.25) is 5.91 Å². The van der Waals surface area contributed by atoms with Crippen LogP contribution in [-0.2, 0) is 4.79 Å². The fourth-order valence-electron chi connectivity index (χ4n) is 3.54. The van der Waals surface area contributed by atoms with Crippen LogP contribution < -0.4 is 24.8 Å². The molecule has 0 atom stereocenters. The Morgan fingerprint density at radius 2 is 1.87 bits per heavy atom. The number of carbonyl (C=O) groups is 1. The maximum atomic E-state index is 12.2. The smallest absolute Gasteiger partial charge is 0.230 e. The molecule has 4 rings (SSSR count). The molecular weight excluding hydrogens is 542 g/mol. The largest absolute Gasteiger partial charge is 0.493 e. The number of aromatic nitrogens is 2. The number of pyridine rings is 1. The summed E-state index contributed by atoms with van der Waals surface area (Å²) in [5.74, 6) is 3.27. The summed E-state index contributed by atoms with van der Waals surface area (Å²) in [5, 5.41) is 11.5. The fraction of sp³-hybridized carbons (Fsp3) is 0.259. The van der Waals surface area contributed by atoms with Crippen molar-refractivity contribution in [2.45, 2.75) is 26.8 Å². The molecule has 0 aliphatic heterocycles. The zero-order valence-electron chi connectivity index (χ0n) is 22.1. The van der Waals surface area contributed by atoms with Crippen LogP contribution in [0.4, 0.5) is 11.5 Å². The molecule has 204 valence electrons. The minimum absolute atomic E-state index is 0.0345. The highest BCUT2D eigenvalue weighted by Crippen LogP contribution is 2.38. The molecule has 1 amide bonds. The van der Waals surface area contributed by atoms with E-state index in [0.717, 1.165) is 5.39 Å². The lowest BCUT2D eigenvalue weighted by Crippen LogP contribution is -2.32. The summed E-state index contributed by atoms with van der Waals surface area (Å²) in [7, 11) is 3.14. The Balaban J connectivity index is 1.56. The Kier molecular flexibility index (Phi) is 9.15. The Morgan fingerprint density at radius 3 is 2.54 bits per heavy atom. The Hall–Kier alpha value is -3.96. The standard InChI is InChI=1S/C27H28ClN5O5S/c1-15(2)30-26(34)14-39-27(32-25-10-16(3)38-33-25)31-20-7-6-17(11-19(20)28)37-22-8-9-29-21-13-24(36-5)23(35-4)12-18(21)22/h6-13,15H,14H2,1-5H3,(H,30,34)(H,31,32,33). The van der Waals surface area contributed by atoms with Gasteiger partial charge in [0, 0.05) is 35.8 Å². The minimum Gasteiger partial charge on any atom is -0.493 e. The van der Waals surface area contributed by atoms with Gasteiger partial charge in [0.05, 0.1) is 36.2 Å². The molecule has 2 aromatic carbocycles. The number of nitrogens with one attached hydrogen (secondary N) is 2. The molecule has 12 heteroatoms. The first kappa shape index (κ1) is 28.1. The van der Waals surface area contributed by atoms with Crippen molar-refractivity contribution in [3.05, 3.63) is 59.4 Å². The van der Waals surface area contributed by atoms with Gasteiger partial charge >= 0.3 is 0 Å². The molecule has 2 aromatic heterocycles. The van der Waals surface area contributed by atoms with Crippen LogP contribution in [-0.4, -0.2) is 47.2 Å². The number of aryl methyl sites for hydroxylation is 1. The minimum atomic E-state index is -0.116. The van der Waals surface area contributed by atoms with Gasteiger partial charge in [0.15, 0.2) is 22.5 Å². The van der Waals surface area contributed by atoms with Crippen molar-refractivity contribution in [1.82, 2.24) is 15.5 Å². The molecular formula is C27H28ClN5O5S. The number of halogens is 1. The van der Waals surface area contributed by atoms with E-state index >= 15 is 0 Å². The topological polar surface area (TPSA) is 120 Å². The quantitative estimate of drug-likeness (QED) is 0.175. The number of rotatable bonds is 9. The van der Waals surface area contributed by atoms with Crippen molar-refractivity contribution in [2.24, 2.45) is 4.99 Å². The van der Waals surface area contributed by atoms with Crippen molar-refractivity contribution >= 4 is 56.8 Å². The Labute approximate surface area is 235 Å². The number of amidine groups is 1. The number of carbonyl (C=O) groups excluding carboxylic acids is 1. The predicted molar refractivity (Wildman–Crippen MR) is 154 cm³/mol. The van der Waals surface area contributed by atoms with Crippen LogP contribution in [0.1, 0.15) is 19.6 Å². The summed E-state index contributed by atoms with van der Waals surface area (Å²) in [5.41, 5.74) is 1.27. The average Bonchev–Trinajstić information content (AvgIpc) is 3.32. The monoisotopic (exact) mass is 569 g/mol. The number of ether oxygens (including phenoxy) is 3. The van der Waals surface area contributed by atoms with E-state index in [4.69, 9.17) is 30.3 Å². The van der Waals surface area contributed by atoms with Gasteiger partial charge in [-0.1, -0.05) is 28.5 Å². The lowest BCUT2D eigenvalue weighted by Gasteiger charge is -2.14. The first-order valence-corrected chi connectivity index (χ1v) is 13.3. The number of amides is 1. The van der Waals surface area contributed by atoms with Gasteiger partial charge in [-0.15, -0.1) is 0 Å². The number of aliphatic imine (C=N–C) groups is 1. The zero-order valence-corrected chi connectivity index (χ0v) is 23.6. The van der Waals surface area contributed by atoms with Crippen LogP contribution in [0, 0.1) is 6.92 Å². The molecule has 2 heterocycles. The van der Waals surface area contributed by atoms with Crippen LogP contribution in [0.5, 0.6) is 23.0 Å². The van der Waals surface area contributed by atoms with Crippen molar-refractivity contribution in [3.63, 3.8) is 0 Å². The second kappa shape index (κ2) is 12.7. The summed E-state index contributed by atoms with van der Waals surface area (Å²) in [6, 6.07) is 12.3. The fourth-order valence-corrected chi connectivity index (χ4v) is 4.45. The van der Waals surface area contributed by atoms with Gasteiger partial charge in [-0.3, -0.25) is 9.78 Å². The van der Waals surface area contributed by atoms with Gasteiger partial charge in [0.25, 0.3) is 0 Å². The van der Waals surface area contributed by atoms with Gasteiger partial charge in [-0.05, 0) is 45.0 Å². The number of nitrogens with zero attached hydrogens (tertiary/aromatic N) is 3. The Morgan fingerprint density at radius 1 is 1.10 bits per heavy atom. The SMILES string of the molecule is COc1cc2nccc(Oc3ccc(N/C(=N/c4cc(C)on4)SCC(=O)NC(C)C)c(Cl)c3)c2cc1OC. The maximum absolute atomic E-state index is 12.2. The lowest BCUT2D eigenvalue weighted by atomic mass is 10.2. The van der Waals surface area contributed by atoms with Crippen molar-refractivity contribution < 1.29 is 23.5 Å². The summed E-state index contributed by atoms with van der Waals surface area (Å²) in [6.07, 6.45) is 1.65. The number of thioether (sulfide) groups is 1. The van der Waals surface area contributed by atoms with Crippen LogP contribution >= 0.6 is 23.4 Å². The van der Waals surface area contributed by atoms with Gasteiger partial charge in [-0.25, -0.2) is 4.99 Å². The van der Waals surface area contributed by atoms with E-state index in [2.05, 4.69) is 25.8 Å². The van der Waals surface area contributed by atoms with E-state index < -0.39 is 0 Å². The van der Waals surface area contributed by atoms with Crippen LogP contribution in [0.3, 0.4) is 0 Å². The molecule has 0 radical (unpaired) electrons. The average molecular weight is 570 g/mol. The van der Waals surface area contributed by atoms with E-state index in [9.17, 15) is 4.79 Å². The molecule has 0 saturated carbocycles. The molecule has 10 nitrogen and oxygen atoms in total. The van der Waals surface area contributed by atoms with Crippen LogP contribution in [0.2, 0.25) is 5.02 Å². The molecule has 0 aliphatic carbocycles. The van der Waals surface area contributed by atoms with Crippen molar-refractivity contribution in [1.29, 1.82) is 0 Å². The van der Waals surface area contributed by atoms with Crippen molar-refractivity contribution in [3.8, 4) is 23.0 Å². The van der Waals surface area contributed by atoms with E-state index in [1.165, 1.54) is 11.8 Å². The van der Waals surface area contributed by atoms with Gasteiger partial charge in [0.1, 0.15) is 17.3 Å². The van der Waals surface area contributed by atoms with E-state index in [1.807, 2.05) is 19.9 Å². The molecule has 0 unspecified atom stereocenters. The van der Waals surface area contributed by atoms with E-state index in [0.29, 0.717) is 56.0 Å². The highest BCUT2D eigenvalue weighted by atomic mass is 35.5. The number of hydrogen-bond acceptors (Lipinski definition) is 9. The number of methoxy groups -OCH3 is 2. The van der Waals surface area contributed by atoms with Crippen LogP contribution in [0.15, 0.2) is 58.2 Å². The second-order valence-electron chi connectivity index (χ2n) is 8.63.